The van der Waals surface area contributed by atoms with Gasteiger partial charge in [0, 0.05) is 11.8 Å². The minimum atomic E-state index is -1.09. The van der Waals surface area contributed by atoms with Crippen molar-refractivity contribution in [3.8, 4) is 0 Å². The number of carbonyl (C=O) groups excluding carboxylic acids is 1. The normalized spacial score (nSPS) is 12.2. The van der Waals surface area contributed by atoms with Crippen molar-refractivity contribution < 1.29 is 14.7 Å². The summed E-state index contributed by atoms with van der Waals surface area (Å²) in [6.45, 7) is 1.96. The molecule has 0 aromatic carbocycles. The van der Waals surface area contributed by atoms with E-state index in [9.17, 15) is 9.59 Å². The van der Waals surface area contributed by atoms with Crippen LogP contribution >= 0.6 is 11.8 Å². The number of carboxylic acid groups (broad SMARTS) is 1. The van der Waals surface area contributed by atoms with Crippen molar-refractivity contribution in [1.82, 2.24) is 5.32 Å². The summed E-state index contributed by atoms with van der Waals surface area (Å²) in [6.07, 6.45) is 2.34. The molecule has 0 fully saturated rings. The lowest BCUT2D eigenvalue weighted by molar-refractivity contribution is -0.140. The first-order valence-corrected chi connectivity index (χ1v) is 5.49. The summed E-state index contributed by atoms with van der Waals surface area (Å²) < 4.78 is 0. The van der Waals surface area contributed by atoms with E-state index in [0.717, 1.165) is 12.2 Å². The fourth-order valence-electron chi connectivity index (χ4n) is 0.879. The van der Waals surface area contributed by atoms with Gasteiger partial charge in [-0.3, -0.25) is 9.59 Å². The molecule has 1 unspecified atom stereocenters. The molecule has 76 valence electrons. The Hall–Kier alpha value is -0.710. The summed E-state index contributed by atoms with van der Waals surface area (Å²) in [5.74, 6) is -0.674. The minimum absolute atomic E-state index is 0.0850. The van der Waals surface area contributed by atoms with Gasteiger partial charge < -0.3 is 10.4 Å². The zero-order valence-electron chi connectivity index (χ0n) is 7.87. The molecule has 0 bridgehead atoms. The van der Waals surface area contributed by atoms with Gasteiger partial charge in [-0.05, 0) is 12.7 Å². The average Bonchev–Trinajstić information content (AvgIpc) is 2.02. The van der Waals surface area contributed by atoms with Gasteiger partial charge in [-0.1, -0.05) is 6.92 Å². The maximum absolute atomic E-state index is 11.0. The molecule has 2 N–H and O–H groups in total. The van der Waals surface area contributed by atoms with Crippen molar-refractivity contribution in [2.24, 2.45) is 0 Å². The van der Waals surface area contributed by atoms with Crippen LogP contribution in [0.25, 0.3) is 0 Å². The zero-order valence-corrected chi connectivity index (χ0v) is 8.69. The van der Waals surface area contributed by atoms with Crippen LogP contribution in [0.1, 0.15) is 19.8 Å². The molecular weight excluding hydrogens is 190 g/mol. The fraction of sp³-hybridized carbons (Fsp3) is 0.750. The lowest BCUT2D eigenvalue weighted by Crippen LogP contribution is -2.37. The molecule has 0 aliphatic rings. The van der Waals surface area contributed by atoms with Crippen molar-refractivity contribution in [3.63, 3.8) is 0 Å². The summed E-state index contributed by atoms with van der Waals surface area (Å²) in [5.41, 5.74) is 0. The van der Waals surface area contributed by atoms with Gasteiger partial charge in [0.15, 0.2) is 0 Å². The highest BCUT2D eigenvalue weighted by atomic mass is 32.2. The molecule has 0 spiro atoms. The molecule has 0 aliphatic heterocycles. The van der Waals surface area contributed by atoms with Gasteiger partial charge in [0.1, 0.15) is 6.42 Å². The molecule has 4 nitrogen and oxygen atoms in total. The third kappa shape index (κ3) is 6.45. The summed E-state index contributed by atoms with van der Waals surface area (Å²) in [4.78, 5) is 21.2. The van der Waals surface area contributed by atoms with Crippen LogP contribution in [0.2, 0.25) is 0 Å². The van der Waals surface area contributed by atoms with Crippen LogP contribution in [-0.2, 0) is 9.59 Å². The van der Waals surface area contributed by atoms with Crippen LogP contribution in [0, 0.1) is 0 Å². The quantitative estimate of drug-likeness (QED) is 0.627. The van der Waals surface area contributed by atoms with Crippen molar-refractivity contribution in [2.75, 3.05) is 12.0 Å². The Morgan fingerprint density at radius 2 is 2.15 bits per heavy atom. The third-order valence-electron chi connectivity index (χ3n) is 1.54. The zero-order chi connectivity index (χ0) is 10.3. The number of rotatable bonds is 6. The Labute approximate surface area is 82.1 Å². The molecule has 1 atom stereocenters. The summed E-state index contributed by atoms with van der Waals surface area (Å²) in [5, 5.41) is 11.0. The monoisotopic (exact) mass is 205 g/mol. The molecular formula is C8H15NO3S. The van der Waals surface area contributed by atoms with Gasteiger partial charge >= 0.3 is 5.97 Å². The Morgan fingerprint density at radius 1 is 1.54 bits per heavy atom. The Balaban J connectivity index is 3.79. The first kappa shape index (κ1) is 12.3. The first-order chi connectivity index (χ1) is 6.10. The maximum Gasteiger partial charge on any atom is 0.312 e. The van der Waals surface area contributed by atoms with Gasteiger partial charge in [-0.2, -0.15) is 11.8 Å². The van der Waals surface area contributed by atoms with Gasteiger partial charge in [0.2, 0.25) is 5.91 Å². The standard InChI is InChI=1S/C8H15NO3S/c1-3-6(5-13-2)9-7(10)4-8(11)12/h6H,3-5H2,1-2H3,(H,9,10)(H,11,12). The predicted molar refractivity (Wildman–Crippen MR) is 52.9 cm³/mol. The highest BCUT2D eigenvalue weighted by Crippen LogP contribution is 2.01. The number of thioether (sulfide) groups is 1. The number of aliphatic carboxylic acids is 1. The van der Waals surface area contributed by atoms with Crippen LogP contribution in [-0.4, -0.2) is 35.0 Å². The molecule has 0 aromatic rings. The van der Waals surface area contributed by atoms with Crippen molar-refractivity contribution in [2.45, 2.75) is 25.8 Å². The number of carbonyl (C=O) groups is 2. The first-order valence-electron chi connectivity index (χ1n) is 4.10. The predicted octanol–water partition coefficient (Wildman–Crippen LogP) is 0.719. The van der Waals surface area contributed by atoms with Crippen LogP contribution in [0.5, 0.6) is 0 Å². The van der Waals surface area contributed by atoms with E-state index in [2.05, 4.69) is 5.32 Å². The van der Waals surface area contributed by atoms with Gasteiger partial charge in [0.05, 0.1) is 0 Å². The van der Waals surface area contributed by atoms with Crippen molar-refractivity contribution >= 4 is 23.6 Å². The average molecular weight is 205 g/mol. The third-order valence-corrected chi connectivity index (χ3v) is 2.27. The van der Waals surface area contributed by atoms with Crippen molar-refractivity contribution in [3.05, 3.63) is 0 Å². The molecule has 0 aliphatic carbocycles. The Morgan fingerprint density at radius 3 is 2.54 bits per heavy atom. The van der Waals surface area contributed by atoms with Gasteiger partial charge in [-0.15, -0.1) is 0 Å². The van der Waals surface area contributed by atoms with E-state index in [1.807, 2.05) is 13.2 Å². The number of carboxylic acids is 1. The second kappa shape index (κ2) is 6.77. The van der Waals surface area contributed by atoms with E-state index in [1.54, 1.807) is 11.8 Å². The molecule has 0 heterocycles. The van der Waals surface area contributed by atoms with Crippen LogP contribution in [0.4, 0.5) is 0 Å². The second-order valence-corrected chi connectivity index (χ2v) is 3.61. The smallest absolute Gasteiger partial charge is 0.312 e. The van der Waals surface area contributed by atoms with E-state index in [1.165, 1.54) is 0 Å². The number of nitrogens with one attached hydrogen (secondary N) is 1. The molecule has 13 heavy (non-hydrogen) atoms. The fourth-order valence-corrected chi connectivity index (χ4v) is 1.60. The second-order valence-electron chi connectivity index (χ2n) is 2.70. The number of hydrogen-bond acceptors (Lipinski definition) is 3. The molecule has 0 saturated heterocycles. The number of amides is 1. The van der Waals surface area contributed by atoms with Crippen LogP contribution < -0.4 is 5.32 Å². The summed E-state index contributed by atoms with van der Waals surface area (Å²) in [6, 6.07) is 0.0850. The van der Waals surface area contributed by atoms with E-state index in [-0.39, 0.29) is 6.04 Å². The summed E-state index contributed by atoms with van der Waals surface area (Å²) >= 11 is 1.63. The number of hydrogen-bond donors (Lipinski definition) is 2. The molecule has 0 saturated carbocycles. The molecule has 0 rings (SSSR count). The lowest BCUT2D eigenvalue weighted by atomic mass is 10.2. The highest BCUT2D eigenvalue weighted by molar-refractivity contribution is 7.98. The Kier molecular flexibility index (Phi) is 6.40. The van der Waals surface area contributed by atoms with E-state index >= 15 is 0 Å². The van der Waals surface area contributed by atoms with Crippen LogP contribution in [0.15, 0.2) is 0 Å². The molecule has 5 heteroatoms. The van der Waals surface area contributed by atoms with E-state index in [4.69, 9.17) is 5.11 Å². The van der Waals surface area contributed by atoms with Gasteiger partial charge in [-0.25, -0.2) is 0 Å². The van der Waals surface area contributed by atoms with E-state index in [0.29, 0.717) is 0 Å². The minimum Gasteiger partial charge on any atom is -0.481 e. The Bertz CT molecular complexity index is 184. The lowest BCUT2D eigenvalue weighted by Gasteiger charge is -2.14. The molecule has 0 aromatic heterocycles. The van der Waals surface area contributed by atoms with E-state index < -0.39 is 18.3 Å². The molecule has 0 radical (unpaired) electrons. The highest BCUT2D eigenvalue weighted by Gasteiger charge is 2.12. The summed E-state index contributed by atoms with van der Waals surface area (Å²) in [7, 11) is 0. The molecule has 1 amide bonds. The topological polar surface area (TPSA) is 66.4 Å². The van der Waals surface area contributed by atoms with Crippen molar-refractivity contribution in [1.29, 1.82) is 0 Å². The maximum atomic E-state index is 11.0. The SMILES string of the molecule is CCC(CSC)NC(=O)CC(=O)O. The van der Waals surface area contributed by atoms with Crippen LogP contribution in [0.3, 0.4) is 0 Å². The largest absolute Gasteiger partial charge is 0.481 e. The van der Waals surface area contributed by atoms with Gasteiger partial charge in [0.25, 0.3) is 0 Å².